The van der Waals surface area contributed by atoms with Gasteiger partial charge in [-0.25, -0.2) is 47.1 Å². The summed E-state index contributed by atoms with van der Waals surface area (Å²) in [6, 6.07) is 44.2. The third kappa shape index (κ3) is 26.1. The van der Waals surface area contributed by atoms with Crippen LogP contribution in [0.15, 0.2) is 230 Å². The number of nitrogens with zero attached hydrogens (tertiary/aromatic N) is 14. The van der Waals surface area contributed by atoms with Crippen molar-refractivity contribution in [2.75, 3.05) is 118 Å². The quantitative estimate of drug-likeness (QED) is 0.0205. The number of aromatic carboxylic acids is 1. The molecule has 0 unspecified atom stereocenters. The predicted molar refractivity (Wildman–Crippen MR) is 487 cm³/mol. The van der Waals surface area contributed by atoms with Crippen LogP contribution in [0.1, 0.15) is 107 Å². The fourth-order valence-electron chi connectivity index (χ4n) is 14.6. The number of halogens is 5. The topological polar surface area (TPSA) is 393 Å². The summed E-state index contributed by atoms with van der Waals surface area (Å²) in [5, 5.41) is 33.9. The number of anilines is 9. The van der Waals surface area contributed by atoms with E-state index in [2.05, 4.69) is 40.4 Å². The molecule has 12 aromatic rings. The van der Waals surface area contributed by atoms with Crippen LogP contribution < -0.4 is 60.6 Å². The summed E-state index contributed by atoms with van der Waals surface area (Å²) in [7, 11) is -1.00. The Morgan fingerprint density at radius 1 is 0.508 bits per heavy atom. The molecule has 8 aromatic carbocycles. The SMILES string of the molecule is C.CC(=O)c1ccc(Nc2ccc(F)cc2)c(N)c1.CC(=O)c1ccc2c(c1)CC(=O)N2c1ccc(F)cc1.CCO.O=C(O)c1ccc2c(c1)CC(=O)N2c1ccc(F)cc1.O=C(c1ccc2c(c1)CC(=O)N2c1ccc(F)cc1)N1CC(N2CCN(C(=O)c3nccs3)CC2)C1.O=C(c1nccs1)N1CCN(C2CNC2)CC1.O=C(n1ccnc1)n1ccnc1.[2H]CF.[NH-]O.[Na+]. The molecule has 39 heteroatoms. The van der Waals surface area contributed by atoms with Crippen molar-refractivity contribution in [1.82, 2.24) is 58.9 Å². The second-order valence-electron chi connectivity index (χ2n) is 29.6. The number of nitrogens with one attached hydrogen (secondary N) is 3. The van der Waals surface area contributed by atoms with Gasteiger partial charge in [0.2, 0.25) is 17.7 Å². The van der Waals surface area contributed by atoms with Crippen LogP contribution in [0, 0.1) is 23.3 Å². The van der Waals surface area contributed by atoms with Crippen LogP contribution in [0.3, 0.4) is 0 Å². The zero-order chi connectivity index (χ0) is 94.0. The first-order valence-corrected chi connectivity index (χ1v) is 42.3. The molecule has 0 aliphatic carbocycles. The zero-order valence-corrected chi connectivity index (χ0v) is 75.2. The number of fused-ring (bicyclic) bond motifs is 3. The molecule has 4 saturated heterocycles. The number of hydrogen-bond donors (Lipinski definition) is 6. The Hall–Kier alpha value is -13.3. The standard InChI is InChI=1S/C26H24FN5O3S.C16H12FNO2.C15H10FNO3.C14H13FN2O.C11H16N4OS.C7H6N4O.C2H6O.CH3F.CH4.H2NO.Na/c27-19-2-4-20(5-3-19)32-22-6-1-17(13-18(22)14-23(32)33)25(34)31-15-21(16-31)29-8-10-30(11-9-29)26(35)24-28-7-12-36-24;1-10(19)11-2-7-15-12(8-11)9-16(20)18(15)14-5-3-13(17)4-6-14;16-11-2-4-12(5-3-11)17-13-6-1-9(15(19)20)7-10(13)8-14(17)18;1-9(18)10-2-7-14(13(16)8-10)17-12-5-3-11(15)4-6-12;16-11(10-13-1-6-17-10)15-4-2-14(3-5-15)9-7-12-8-9;12-7(10-3-1-8-5-10)11-4-2-9-6-11;1-2-3;1-2;;1-2;/h1-7,12-13,21H,8-11,14-16H2;2-8H,9H2,1H3;1-7H,8H2,(H,19,20);2-8,17H,16H2,1H3;1,6,9,12H,2-5,7-8H2;1-6H;3H,2H2,1H3;1H3;1H4;1-2H;/q;;;;;;;;;-1;+1/i;;;;;;;1D;;;. The van der Waals surface area contributed by atoms with Gasteiger partial charge in [-0.3, -0.25) is 76.4 Å². The van der Waals surface area contributed by atoms with Gasteiger partial charge < -0.3 is 52.4 Å². The summed E-state index contributed by atoms with van der Waals surface area (Å²) in [4.78, 5) is 150. The molecule has 8 N–H and O–H groups in total. The molecule has 19 rings (SSSR count). The van der Waals surface area contributed by atoms with Crippen LogP contribution >= 0.6 is 22.7 Å². The Morgan fingerprint density at radius 3 is 1.21 bits per heavy atom. The van der Waals surface area contributed by atoms with Crippen molar-refractivity contribution in [3.05, 3.63) is 309 Å². The molecule has 4 aromatic heterocycles. The number of hydrogen-bond acceptors (Lipinski definition) is 23. The number of imidazole rings is 2. The van der Waals surface area contributed by atoms with Gasteiger partial charge in [0.05, 0.1) is 61.8 Å². The van der Waals surface area contributed by atoms with Crippen molar-refractivity contribution in [2.45, 2.75) is 59.5 Å². The largest absolute Gasteiger partial charge is 1.00 e. The van der Waals surface area contributed by atoms with Gasteiger partial charge in [-0.2, -0.15) is 0 Å². The van der Waals surface area contributed by atoms with Crippen molar-refractivity contribution in [1.29, 1.82) is 0 Å². The van der Waals surface area contributed by atoms with Gasteiger partial charge in [0.25, 0.3) is 17.7 Å². The normalized spacial score (nSPS) is 14.6. The molecule has 4 fully saturated rings. The maximum absolute atomic E-state index is 13.3. The minimum atomic E-state index is -1.03. The molecule has 0 bridgehead atoms. The minimum absolute atomic E-state index is 0. The van der Waals surface area contributed by atoms with Crippen LogP contribution in [0.2, 0.25) is 0 Å². The number of amides is 6. The first kappa shape index (κ1) is 101. The molecule has 7 aliphatic rings. The van der Waals surface area contributed by atoms with E-state index in [0.717, 1.165) is 80.5 Å². The molecule has 0 atom stereocenters. The number of carbonyl (C=O) groups is 10. The third-order valence-electron chi connectivity index (χ3n) is 21.3. The molecule has 7 aliphatic heterocycles. The summed E-state index contributed by atoms with van der Waals surface area (Å²) in [5.41, 5.74) is 15.9. The average molecular weight is 1860 g/mol. The molecule has 31 nitrogen and oxygen atoms in total. The average Bonchev–Trinajstić information content (AvgIpc) is 1.67. The maximum atomic E-state index is 13.3. The van der Waals surface area contributed by atoms with Crippen molar-refractivity contribution in [3.8, 4) is 0 Å². The number of likely N-dealkylation sites (tertiary alicyclic amines) is 1. The number of thiazole rings is 2. The van der Waals surface area contributed by atoms with E-state index in [1.165, 1.54) is 136 Å². The summed E-state index contributed by atoms with van der Waals surface area (Å²) < 4.78 is 70.2. The first-order chi connectivity index (χ1) is 63.2. The smallest absolute Gasteiger partial charge is 0.553 e. The van der Waals surface area contributed by atoms with Gasteiger partial charge in [0.15, 0.2) is 21.6 Å². The number of nitrogen functional groups attached to an aromatic ring is 1. The van der Waals surface area contributed by atoms with E-state index >= 15 is 0 Å². The summed E-state index contributed by atoms with van der Waals surface area (Å²) in [6.45, 7) is 14.9. The number of carboxylic acids is 1. The first-order valence-electron chi connectivity index (χ1n) is 41.3. The van der Waals surface area contributed by atoms with E-state index in [1.54, 1.807) is 151 Å². The number of piperazine rings is 2. The number of rotatable bonds is 13. The number of aromatic nitrogens is 6. The fraction of sp³-hybridized carbons (Fsp3) is 0.247. The molecule has 0 radical (unpaired) electrons. The Bertz CT molecular complexity index is 5760. The summed E-state index contributed by atoms with van der Waals surface area (Å²) in [5.74, 6) is 2.00. The number of ketones is 2. The van der Waals surface area contributed by atoms with Crippen LogP contribution in [0.5, 0.6) is 0 Å². The summed E-state index contributed by atoms with van der Waals surface area (Å²) >= 11 is 2.78. The Balaban J connectivity index is 0.000000181. The van der Waals surface area contributed by atoms with Gasteiger partial charge in [-0.1, -0.05) is 7.43 Å². The van der Waals surface area contributed by atoms with Gasteiger partial charge in [0, 0.05) is 185 Å². The molecule has 0 saturated carbocycles. The number of aliphatic hydroxyl groups excluding tert-OH is 1. The van der Waals surface area contributed by atoms with Gasteiger partial charge in [-0.05, 0) is 207 Å². The Kier molecular flexibility index (Phi) is 37.5. The Labute approximate surface area is 789 Å². The van der Waals surface area contributed by atoms with E-state index in [-0.39, 0.29) is 151 Å². The van der Waals surface area contributed by atoms with E-state index in [1.807, 2.05) is 25.5 Å². The number of carbonyl (C=O) groups excluding carboxylic acids is 9. The molecular weight excluding hydrogens is 1760 g/mol. The van der Waals surface area contributed by atoms with Crippen molar-refractivity contribution < 1.29 is 116 Å². The van der Waals surface area contributed by atoms with Crippen molar-refractivity contribution in [3.63, 3.8) is 0 Å². The fourth-order valence-corrected chi connectivity index (χ4v) is 15.8. The monoisotopic (exact) mass is 1860 g/mol. The Morgan fingerprint density at radius 2 is 0.864 bits per heavy atom. The number of Topliss-reactive ketones (excluding diaryl/α,β-unsaturated/α-hetero) is 2. The van der Waals surface area contributed by atoms with Crippen molar-refractivity contribution >= 4 is 133 Å². The molecule has 11 heterocycles. The zero-order valence-electron chi connectivity index (χ0n) is 72.6. The van der Waals surface area contributed by atoms with Crippen LogP contribution in [0.25, 0.3) is 5.90 Å². The molecule has 6 amide bonds. The van der Waals surface area contributed by atoms with Gasteiger partial charge in [-0.15, -0.1) is 22.7 Å². The molecular formula is C93H96F5N18NaO13S2. The second kappa shape index (κ2) is 49.1. The molecule has 684 valence electrons. The molecule has 132 heavy (non-hydrogen) atoms. The van der Waals surface area contributed by atoms with E-state index in [9.17, 15) is 69.9 Å². The van der Waals surface area contributed by atoms with Crippen LogP contribution in [-0.2, 0) is 33.6 Å². The number of aliphatic hydroxyl groups is 1. The second-order valence-corrected chi connectivity index (χ2v) is 31.4. The molecule has 0 spiro atoms. The van der Waals surface area contributed by atoms with Crippen LogP contribution in [-0.4, -0.2) is 232 Å². The number of benzene rings is 8. The number of alkyl halides is 1. The van der Waals surface area contributed by atoms with E-state index < -0.39 is 13.1 Å². The minimum Gasteiger partial charge on any atom is -0.553 e. The maximum Gasteiger partial charge on any atom is 1.00 e. The predicted octanol–water partition coefficient (Wildman–Crippen LogP) is 11.3. The van der Waals surface area contributed by atoms with E-state index in [0.29, 0.717) is 98.6 Å². The number of carboxylic acid groups (broad SMARTS) is 1. The summed E-state index contributed by atoms with van der Waals surface area (Å²) in [6.07, 6.45) is 13.1. The van der Waals surface area contributed by atoms with Gasteiger partial charge >= 0.3 is 41.6 Å². The van der Waals surface area contributed by atoms with Gasteiger partial charge in [0.1, 0.15) is 35.9 Å². The number of nitrogens with two attached hydrogens (primary N) is 1. The third-order valence-corrected chi connectivity index (χ3v) is 22.8. The van der Waals surface area contributed by atoms with Crippen molar-refractivity contribution in [2.24, 2.45) is 0 Å². The van der Waals surface area contributed by atoms with Crippen LogP contribution in [0.4, 0.5) is 77.9 Å². The van der Waals surface area contributed by atoms with E-state index in [4.69, 9.17) is 28.4 Å².